The summed E-state index contributed by atoms with van der Waals surface area (Å²) < 4.78 is 5.06. The Kier molecular flexibility index (Phi) is 4.04. The van der Waals surface area contributed by atoms with Gasteiger partial charge in [0, 0.05) is 18.3 Å². The SMILES string of the molecule is CC1C=CN(C(=O)CC(=O)OC(C)(C)C)N=C1. The highest BCUT2D eigenvalue weighted by atomic mass is 16.6. The standard InChI is InChI=1S/C12H18N2O3/c1-9-5-6-14(13-8-9)10(15)7-11(16)17-12(2,3)4/h5-6,8-9H,7H2,1-4H3. The predicted molar refractivity (Wildman–Crippen MR) is 64.1 cm³/mol. The van der Waals surface area contributed by atoms with E-state index in [9.17, 15) is 9.59 Å². The zero-order chi connectivity index (χ0) is 13.1. The maximum absolute atomic E-state index is 11.7. The van der Waals surface area contributed by atoms with E-state index in [4.69, 9.17) is 4.74 Å². The molecule has 0 aromatic carbocycles. The summed E-state index contributed by atoms with van der Waals surface area (Å²) in [5.74, 6) is -0.719. The summed E-state index contributed by atoms with van der Waals surface area (Å²) in [6.07, 6.45) is 4.75. The number of esters is 1. The lowest BCUT2D eigenvalue weighted by Gasteiger charge is -2.20. The lowest BCUT2D eigenvalue weighted by Crippen LogP contribution is -2.30. The molecule has 0 aromatic heterocycles. The normalized spacial score (nSPS) is 19.3. The third-order valence-corrected chi connectivity index (χ3v) is 1.93. The summed E-state index contributed by atoms with van der Waals surface area (Å²) in [7, 11) is 0. The van der Waals surface area contributed by atoms with Gasteiger partial charge in [0.1, 0.15) is 12.0 Å². The van der Waals surface area contributed by atoms with E-state index in [0.29, 0.717) is 0 Å². The molecule has 0 aliphatic carbocycles. The van der Waals surface area contributed by atoms with E-state index in [-0.39, 0.29) is 12.3 Å². The van der Waals surface area contributed by atoms with Gasteiger partial charge in [-0.05, 0) is 20.8 Å². The molecule has 0 aromatic rings. The van der Waals surface area contributed by atoms with Crippen LogP contribution in [0.5, 0.6) is 0 Å². The number of rotatable bonds is 2. The van der Waals surface area contributed by atoms with Gasteiger partial charge in [-0.25, -0.2) is 5.01 Å². The molecule has 5 heteroatoms. The Balaban J connectivity index is 2.48. The Bertz CT molecular complexity index is 352. The number of allylic oxidation sites excluding steroid dienone is 1. The van der Waals surface area contributed by atoms with Crippen LogP contribution in [0.25, 0.3) is 0 Å². The molecule has 1 heterocycles. The fourth-order valence-corrected chi connectivity index (χ4v) is 1.21. The first-order valence-electron chi connectivity index (χ1n) is 5.54. The van der Waals surface area contributed by atoms with Crippen LogP contribution in [0.15, 0.2) is 17.4 Å². The molecule has 17 heavy (non-hydrogen) atoms. The zero-order valence-electron chi connectivity index (χ0n) is 10.6. The van der Waals surface area contributed by atoms with Crippen LogP contribution in [-0.2, 0) is 14.3 Å². The average Bonchev–Trinajstić information content (AvgIpc) is 2.15. The van der Waals surface area contributed by atoms with Crippen LogP contribution >= 0.6 is 0 Å². The van der Waals surface area contributed by atoms with Crippen molar-refractivity contribution in [2.45, 2.75) is 39.7 Å². The number of carbonyl (C=O) groups excluding carboxylic acids is 2. The summed E-state index contributed by atoms with van der Waals surface area (Å²) in [6, 6.07) is 0. The van der Waals surface area contributed by atoms with Crippen molar-refractivity contribution in [2.75, 3.05) is 0 Å². The Morgan fingerprint density at radius 1 is 1.41 bits per heavy atom. The van der Waals surface area contributed by atoms with E-state index in [2.05, 4.69) is 5.10 Å². The minimum Gasteiger partial charge on any atom is -0.460 e. The van der Waals surface area contributed by atoms with E-state index in [0.717, 1.165) is 5.01 Å². The number of hydrogen-bond acceptors (Lipinski definition) is 4. The number of carbonyl (C=O) groups is 2. The maximum atomic E-state index is 11.7. The quantitative estimate of drug-likeness (QED) is 0.543. The minimum absolute atomic E-state index is 0.209. The van der Waals surface area contributed by atoms with Gasteiger partial charge in [0.25, 0.3) is 5.91 Å². The average molecular weight is 238 g/mol. The molecule has 0 saturated carbocycles. The van der Waals surface area contributed by atoms with E-state index in [1.54, 1.807) is 33.2 Å². The van der Waals surface area contributed by atoms with Gasteiger partial charge in [-0.3, -0.25) is 9.59 Å². The summed E-state index contributed by atoms with van der Waals surface area (Å²) in [5.41, 5.74) is -0.577. The van der Waals surface area contributed by atoms with Crippen molar-refractivity contribution in [3.05, 3.63) is 12.3 Å². The molecule has 5 nitrogen and oxygen atoms in total. The van der Waals surface area contributed by atoms with E-state index in [1.807, 2.05) is 13.0 Å². The smallest absolute Gasteiger partial charge is 0.315 e. The van der Waals surface area contributed by atoms with Crippen LogP contribution in [0, 0.1) is 5.92 Å². The van der Waals surface area contributed by atoms with Crippen molar-refractivity contribution in [1.29, 1.82) is 0 Å². The first kappa shape index (κ1) is 13.4. The molecule has 0 fully saturated rings. The van der Waals surface area contributed by atoms with Crippen LogP contribution in [0.2, 0.25) is 0 Å². The maximum Gasteiger partial charge on any atom is 0.315 e. The molecule has 1 atom stereocenters. The van der Waals surface area contributed by atoms with Gasteiger partial charge in [0.15, 0.2) is 0 Å². The molecule has 0 saturated heterocycles. The zero-order valence-corrected chi connectivity index (χ0v) is 10.6. The Hall–Kier alpha value is -1.65. The van der Waals surface area contributed by atoms with Gasteiger partial charge >= 0.3 is 5.97 Å². The Labute approximate surface area is 101 Å². The number of hydrazone groups is 1. The fourth-order valence-electron chi connectivity index (χ4n) is 1.21. The monoisotopic (exact) mass is 238 g/mol. The van der Waals surface area contributed by atoms with Crippen LogP contribution in [0.3, 0.4) is 0 Å². The van der Waals surface area contributed by atoms with Crippen LogP contribution in [0.4, 0.5) is 0 Å². The van der Waals surface area contributed by atoms with Crippen LogP contribution in [-0.4, -0.2) is 28.7 Å². The van der Waals surface area contributed by atoms with Crippen molar-refractivity contribution in [3.8, 4) is 0 Å². The molecule has 0 bridgehead atoms. The molecule has 0 N–H and O–H groups in total. The van der Waals surface area contributed by atoms with Gasteiger partial charge in [-0.2, -0.15) is 5.10 Å². The second-order valence-electron chi connectivity index (χ2n) is 4.97. The highest BCUT2D eigenvalue weighted by Crippen LogP contribution is 2.11. The van der Waals surface area contributed by atoms with Crippen molar-refractivity contribution >= 4 is 18.1 Å². The number of ether oxygens (including phenoxy) is 1. The second kappa shape index (κ2) is 5.12. The van der Waals surface area contributed by atoms with Crippen molar-refractivity contribution in [2.24, 2.45) is 11.0 Å². The highest BCUT2D eigenvalue weighted by Gasteiger charge is 2.22. The number of amides is 1. The van der Waals surface area contributed by atoms with Crippen molar-refractivity contribution in [3.63, 3.8) is 0 Å². The highest BCUT2D eigenvalue weighted by molar-refractivity contribution is 5.95. The molecule has 1 rings (SSSR count). The summed E-state index contributed by atoms with van der Waals surface area (Å²) in [6.45, 7) is 7.23. The van der Waals surface area contributed by atoms with E-state index < -0.39 is 17.5 Å². The second-order valence-corrected chi connectivity index (χ2v) is 4.97. The van der Waals surface area contributed by atoms with Crippen molar-refractivity contribution < 1.29 is 14.3 Å². The predicted octanol–water partition coefficient (Wildman–Crippen LogP) is 1.70. The molecule has 0 spiro atoms. The molecular weight excluding hydrogens is 220 g/mol. The molecule has 0 radical (unpaired) electrons. The van der Waals surface area contributed by atoms with E-state index in [1.165, 1.54) is 0 Å². The molecule has 1 aliphatic heterocycles. The molecule has 94 valence electrons. The third kappa shape index (κ3) is 4.80. The van der Waals surface area contributed by atoms with Crippen LogP contribution in [0.1, 0.15) is 34.1 Å². The van der Waals surface area contributed by atoms with Crippen LogP contribution < -0.4 is 0 Å². The largest absolute Gasteiger partial charge is 0.460 e. The van der Waals surface area contributed by atoms with Crippen molar-refractivity contribution in [1.82, 2.24) is 5.01 Å². The summed E-state index contributed by atoms with van der Waals surface area (Å²) in [5, 5.41) is 5.08. The molecule has 1 amide bonds. The summed E-state index contributed by atoms with van der Waals surface area (Å²) in [4.78, 5) is 23.1. The topological polar surface area (TPSA) is 59.0 Å². The molecule has 1 aliphatic rings. The fraction of sp³-hybridized carbons (Fsp3) is 0.583. The van der Waals surface area contributed by atoms with Gasteiger partial charge in [0.05, 0.1) is 0 Å². The van der Waals surface area contributed by atoms with Gasteiger partial charge in [0.2, 0.25) is 0 Å². The van der Waals surface area contributed by atoms with Gasteiger partial charge in [-0.15, -0.1) is 0 Å². The van der Waals surface area contributed by atoms with Gasteiger partial charge in [-0.1, -0.05) is 13.0 Å². The van der Waals surface area contributed by atoms with Gasteiger partial charge < -0.3 is 4.74 Å². The Morgan fingerprint density at radius 3 is 2.53 bits per heavy atom. The number of hydrogen-bond donors (Lipinski definition) is 0. The molecular formula is C12H18N2O3. The third-order valence-electron chi connectivity index (χ3n) is 1.93. The lowest BCUT2D eigenvalue weighted by molar-refractivity contribution is -0.157. The minimum atomic E-state index is -0.577. The molecule has 1 unspecified atom stereocenters. The first-order valence-corrected chi connectivity index (χ1v) is 5.54. The van der Waals surface area contributed by atoms with E-state index >= 15 is 0 Å². The first-order chi connectivity index (χ1) is 7.78. The summed E-state index contributed by atoms with van der Waals surface area (Å²) >= 11 is 0. The number of nitrogens with zero attached hydrogens (tertiary/aromatic N) is 2. The lowest BCUT2D eigenvalue weighted by atomic mass is 10.2. The Morgan fingerprint density at radius 2 is 2.06 bits per heavy atom.